The minimum Gasteiger partial charge on any atom is -0.413 e. The van der Waals surface area contributed by atoms with Crippen LogP contribution >= 0.6 is 15.9 Å². The summed E-state index contributed by atoms with van der Waals surface area (Å²) in [4.78, 5) is 0. The maximum atomic E-state index is 10.8. The number of fused-ring (bicyclic) bond motifs is 2. The van der Waals surface area contributed by atoms with Crippen LogP contribution in [0.2, 0.25) is 18.1 Å². The van der Waals surface area contributed by atoms with Crippen LogP contribution in [-0.2, 0) is 18.6 Å². The summed E-state index contributed by atoms with van der Waals surface area (Å²) < 4.78 is 25.0. The minimum atomic E-state index is -1.93. The normalized spacial score (nSPS) is 36.0. The molecule has 7 heteroatoms. The Balaban J connectivity index is 1.89. The zero-order valence-electron chi connectivity index (χ0n) is 15.4. The fourth-order valence-corrected chi connectivity index (χ4v) is 4.85. The number of aliphatic hydroxyl groups is 1. The molecule has 2 heterocycles. The van der Waals surface area contributed by atoms with Gasteiger partial charge in [-0.05, 0) is 47.4 Å². The molecule has 0 bridgehead atoms. The maximum absolute atomic E-state index is 10.8. The first kappa shape index (κ1) is 19.0. The lowest BCUT2D eigenvalue weighted by Gasteiger charge is -2.42. The van der Waals surface area contributed by atoms with E-state index in [9.17, 15) is 5.11 Å². The van der Waals surface area contributed by atoms with Gasteiger partial charge in [0.05, 0.1) is 24.3 Å². The van der Waals surface area contributed by atoms with Crippen molar-refractivity contribution in [2.24, 2.45) is 0 Å². The van der Waals surface area contributed by atoms with Gasteiger partial charge in [0.25, 0.3) is 0 Å². The largest absolute Gasteiger partial charge is 0.413 e. The molecule has 2 saturated heterocycles. The second kappa shape index (κ2) is 5.87. The van der Waals surface area contributed by atoms with Crippen molar-refractivity contribution in [2.45, 2.75) is 75.8 Å². The molecule has 3 atom stereocenters. The van der Waals surface area contributed by atoms with Gasteiger partial charge in [-0.15, -0.1) is 0 Å². The molecular formula is C17H29BrO5Si. The van der Waals surface area contributed by atoms with Crippen LogP contribution in [0.3, 0.4) is 0 Å². The zero-order valence-corrected chi connectivity index (χ0v) is 18.0. The van der Waals surface area contributed by atoms with Gasteiger partial charge >= 0.3 is 0 Å². The molecule has 1 N–H and O–H groups in total. The van der Waals surface area contributed by atoms with Gasteiger partial charge in [-0.2, -0.15) is 0 Å². The summed E-state index contributed by atoms with van der Waals surface area (Å²) in [6.45, 7) is 14.5. The van der Waals surface area contributed by atoms with Gasteiger partial charge in [0.15, 0.2) is 8.32 Å². The standard InChI is InChI=1S/C17H29BrO5Si/c1-15(2,3)24(5,6)22-10-11-12(18)17(20-8-7-9-21-17)14-16(4,23-14)13(11)19/h13-14,19H,7-10H2,1-6H3/t13-,14-,16-/m1/s1. The Hall–Kier alpha value is 0.237. The van der Waals surface area contributed by atoms with Crippen LogP contribution in [0.15, 0.2) is 10.1 Å². The van der Waals surface area contributed by atoms with Gasteiger partial charge in [-0.3, -0.25) is 0 Å². The van der Waals surface area contributed by atoms with Crippen molar-refractivity contribution in [2.75, 3.05) is 19.8 Å². The lowest BCUT2D eigenvalue weighted by atomic mass is 9.83. The molecule has 0 aromatic heterocycles. The minimum absolute atomic E-state index is 0.109. The first-order chi connectivity index (χ1) is 11.0. The van der Waals surface area contributed by atoms with E-state index in [0.29, 0.717) is 19.8 Å². The monoisotopic (exact) mass is 420 g/mol. The smallest absolute Gasteiger partial charge is 0.231 e. The van der Waals surface area contributed by atoms with Crippen molar-refractivity contribution in [1.82, 2.24) is 0 Å². The molecule has 0 aromatic carbocycles. The quantitative estimate of drug-likeness (QED) is 0.560. The van der Waals surface area contributed by atoms with E-state index in [0.717, 1.165) is 16.5 Å². The van der Waals surface area contributed by atoms with Gasteiger partial charge in [0.1, 0.15) is 17.8 Å². The van der Waals surface area contributed by atoms with Crippen LogP contribution < -0.4 is 0 Å². The Kier molecular flexibility index (Phi) is 4.65. The Morgan fingerprint density at radius 2 is 1.88 bits per heavy atom. The summed E-state index contributed by atoms with van der Waals surface area (Å²) in [5.74, 6) is -0.932. The molecule has 3 aliphatic rings. The average molecular weight is 421 g/mol. The van der Waals surface area contributed by atoms with Gasteiger partial charge < -0.3 is 23.7 Å². The van der Waals surface area contributed by atoms with E-state index in [1.807, 2.05) is 6.92 Å². The predicted octanol–water partition coefficient (Wildman–Crippen LogP) is 3.32. The molecule has 1 spiro atoms. The molecule has 2 aliphatic heterocycles. The van der Waals surface area contributed by atoms with E-state index >= 15 is 0 Å². The molecule has 0 aromatic rings. The van der Waals surface area contributed by atoms with Gasteiger partial charge in [-0.25, -0.2) is 0 Å². The van der Waals surface area contributed by atoms with Gasteiger partial charge in [-0.1, -0.05) is 20.8 Å². The number of halogens is 1. The third-order valence-electron chi connectivity index (χ3n) is 5.96. The number of aliphatic hydroxyl groups excluding tert-OH is 1. The lowest BCUT2D eigenvalue weighted by Crippen LogP contribution is -2.55. The summed E-state index contributed by atoms with van der Waals surface area (Å²) in [5, 5.41) is 10.9. The summed E-state index contributed by atoms with van der Waals surface area (Å²) in [7, 11) is -1.93. The third kappa shape index (κ3) is 2.76. The molecule has 138 valence electrons. The molecule has 2 fully saturated rings. The van der Waals surface area contributed by atoms with E-state index in [4.69, 9.17) is 18.6 Å². The van der Waals surface area contributed by atoms with Crippen molar-refractivity contribution in [3.05, 3.63) is 10.1 Å². The highest BCUT2D eigenvalue weighted by molar-refractivity contribution is 9.11. The second-order valence-corrected chi connectivity index (χ2v) is 14.3. The van der Waals surface area contributed by atoms with Crippen LogP contribution in [-0.4, -0.2) is 56.8 Å². The molecule has 1 aliphatic carbocycles. The highest BCUT2D eigenvalue weighted by Gasteiger charge is 2.73. The molecule has 0 radical (unpaired) electrons. The molecule has 0 amide bonds. The van der Waals surface area contributed by atoms with E-state index < -0.39 is 25.8 Å². The maximum Gasteiger partial charge on any atom is 0.231 e. The Morgan fingerprint density at radius 3 is 2.42 bits per heavy atom. The Morgan fingerprint density at radius 1 is 1.29 bits per heavy atom. The van der Waals surface area contributed by atoms with Gasteiger partial charge in [0, 0.05) is 5.57 Å². The predicted molar refractivity (Wildman–Crippen MR) is 97.6 cm³/mol. The Labute approximate surface area is 153 Å². The number of epoxide rings is 1. The molecule has 0 saturated carbocycles. The zero-order chi connectivity index (χ0) is 18.0. The van der Waals surface area contributed by atoms with Crippen molar-refractivity contribution in [3.8, 4) is 0 Å². The van der Waals surface area contributed by atoms with E-state index in [1.54, 1.807) is 0 Å². The first-order valence-corrected chi connectivity index (χ1v) is 12.3. The molecule has 5 nitrogen and oxygen atoms in total. The molecule has 0 unspecified atom stereocenters. The summed E-state index contributed by atoms with van der Waals surface area (Å²) in [6, 6.07) is 0. The summed E-state index contributed by atoms with van der Waals surface area (Å²) >= 11 is 3.65. The average Bonchev–Trinajstić information content (AvgIpc) is 3.20. The topological polar surface area (TPSA) is 60.5 Å². The van der Waals surface area contributed by atoms with Crippen LogP contribution in [0.1, 0.15) is 34.1 Å². The van der Waals surface area contributed by atoms with E-state index in [2.05, 4.69) is 49.8 Å². The van der Waals surface area contributed by atoms with E-state index in [1.165, 1.54) is 0 Å². The number of hydrogen-bond acceptors (Lipinski definition) is 5. The molecule has 24 heavy (non-hydrogen) atoms. The third-order valence-corrected chi connectivity index (χ3v) is 11.5. The van der Waals surface area contributed by atoms with Gasteiger partial charge in [0.2, 0.25) is 5.79 Å². The first-order valence-electron chi connectivity index (χ1n) is 8.62. The number of hydrogen-bond donors (Lipinski definition) is 1. The lowest BCUT2D eigenvalue weighted by molar-refractivity contribution is -0.250. The fraction of sp³-hybridized carbons (Fsp3) is 0.882. The van der Waals surface area contributed by atoms with Crippen LogP contribution in [0.5, 0.6) is 0 Å². The molecular weight excluding hydrogens is 392 g/mol. The van der Waals surface area contributed by atoms with Crippen molar-refractivity contribution < 1.29 is 23.7 Å². The second-order valence-electron chi connectivity index (χ2n) is 8.69. The highest BCUT2D eigenvalue weighted by Crippen LogP contribution is 2.58. The van der Waals surface area contributed by atoms with Crippen LogP contribution in [0, 0.1) is 0 Å². The van der Waals surface area contributed by atoms with Crippen molar-refractivity contribution in [1.29, 1.82) is 0 Å². The summed E-state index contributed by atoms with van der Waals surface area (Å²) in [6.07, 6.45) is -0.142. The highest BCUT2D eigenvalue weighted by atomic mass is 79.9. The van der Waals surface area contributed by atoms with Crippen LogP contribution in [0.4, 0.5) is 0 Å². The van der Waals surface area contributed by atoms with Crippen LogP contribution in [0.25, 0.3) is 0 Å². The summed E-state index contributed by atoms with van der Waals surface area (Å²) in [5.41, 5.74) is 0.110. The number of rotatable bonds is 3. The number of ether oxygens (including phenoxy) is 3. The van der Waals surface area contributed by atoms with Crippen molar-refractivity contribution >= 4 is 24.2 Å². The Bertz CT molecular complexity index is 550. The SMILES string of the molecule is CC(C)(C)[Si](C)(C)OCC1=C(Br)C2(OCCCO2)[C@@H]2O[C@]2(C)[C@@H]1O. The fourth-order valence-electron chi connectivity index (χ4n) is 3.13. The van der Waals surface area contributed by atoms with E-state index in [-0.39, 0.29) is 11.1 Å². The van der Waals surface area contributed by atoms with Crippen molar-refractivity contribution in [3.63, 3.8) is 0 Å². The molecule has 3 rings (SSSR count).